The van der Waals surface area contributed by atoms with E-state index in [9.17, 15) is 4.79 Å². The van der Waals surface area contributed by atoms with Crippen molar-refractivity contribution in [3.05, 3.63) is 35.4 Å². The smallest absolute Gasteiger partial charge is 0.252 e. The third kappa shape index (κ3) is 3.12. The molecule has 0 bridgehead atoms. The second-order valence-electron chi connectivity index (χ2n) is 2.86. The highest BCUT2D eigenvalue weighted by atomic mass is 16.2. The first-order valence-electron chi connectivity index (χ1n) is 4.76. The van der Waals surface area contributed by atoms with Crippen molar-refractivity contribution in [3.8, 4) is 11.8 Å². The number of carbonyl (C=O) groups excluding carboxylic acids is 1. The lowest BCUT2D eigenvalue weighted by Gasteiger charge is -2.03. The largest absolute Gasteiger partial charge is 0.384 e. The van der Waals surface area contributed by atoms with Gasteiger partial charge in [-0.25, -0.2) is 0 Å². The summed E-state index contributed by atoms with van der Waals surface area (Å²) in [7, 11) is 0. The summed E-state index contributed by atoms with van der Waals surface area (Å²) in [6.07, 6.45) is 0. The fourth-order valence-corrected chi connectivity index (χ4v) is 1.18. The minimum atomic E-state index is -0.205. The van der Waals surface area contributed by atoms with Crippen molar-refractivity contribution in [1.29, 1.82) is 0 Å². The van der Waals surface area contributed by atoms with Gasteiger partial charge in [0.25, 0.3) is 5.91 Å². The molecule has 0 saturated carbocycles. The van der Waals surface area contributed by atoms with E-state index in [1.54, 1.807) is 18.2 Å². The Morgan fingerprint density at radius 2 is 2.20 bits per heavy atom. The minimum Gasteiger partial charge on any atom is -0.384 e. The van der Waals surface area contributed by atoms with Gasteiger partial charge in [-0.1, -0.05) is 24.0 Å². The molecular formula is C12H13NO2. The van der Waals surface area contributed by atoms with Gasteiger partial charge in [-0.15, -0.1) is 0 Å². The summed E-state index contributed by atoms with van der Waals surface area (Å²) in [4.78, 5) is 11.6. The molecule has 15 heavy (non-hydrogen) atoms. The third-order valence-electron chi connectivity index (χ3n) is 1.81. The van der Waals surface area contributed by atoms with Crippen molar-refractivity contribution < 1.29 is 9.90 Å². The highest BCUT2D eigenvalue weighted by molar-refractivity contribution is 5.96. The zero-order valence-electron chi connectivity index (χ0n) is 8.58. The Morgan fingerprint density at radius 1 is 1.47 bits per heavy atom. The third-order valence-corrected chi connectivity index (χ3v) is 1.81. The van der Waals surface area contributed by atoms with Gasteiger partial charge in [0.2, 0.25) is 0 Å². The van der Waals surface area contributed by atoms with Gasteiger partial charge in [0, 0.05) is 12.1 Å². The number of amides is 1. The number of benzene rings is 1. The Balaban J connectivity index is 3.00. The molecule has 0 aliphatic carbocycles. The summed E-state index contributed by atoms with van der Waals surface area (Å²) < 4.78 is 0. The van der Waals surface area contributed by atoms with Crippen LogP contribution in [0.4, 0.5) is 0 Å². The first kappa shape index (κ1) is 11.3. The Labute approximate surface area is 89.1 Å². The Morgan fingerprint density at radius 3 is 2.87 bits per heavy atom. The summed E-state index contributed by atoms with van der Waals surface area (Å²) in [5, 5.41) is 11.3. The van der Waals surface area contributed by atoms with Crippen molar-refractivity contribution in [2.75, 3.05) is 13.2 Å². The quantitative estimate of drug-likeness (QED) is 0.698. The zero-order valence-corrected chi connectivity index (χ0v) is 8.58. The molecule has 1 rings (SSSR count). The summed E-state index contributed by atoms with van der Waals surface area (Å²) in [6, 6.07) is 7.07. The predicted octanol–water partition coefficient (Wildman–Crippen LogP) is 0.780. The Kier molecular flexibility index (Phi) is 4.39. The standard InChI is InChI=1S/C12H13NO2/c1-2-13-12(15)11-8-4-3-6-10(11)7-5-9-14/h3-4,6,8,14H,2,9H2,1H3,(H,13,15). The maximum Gasteiger partial charge on any atom is 0.252 e. The van der Waals surface area contributed by atoms with Crippen LogP contribution < -0.4 is 5.32 Å². The highest BCUT2D eigenvalue weighted by Gasteiger charge is 2.07. The van der Waals surface area contributed by atoms with Gasteiger partial charge in [0.15, 0.2) is 0 Å². The van der Waals surface area contributed by atoms with Crippen LogP contribution in [0.3, 0.4) is 0 Å². The van der Waals surface area contributed by atoms with Gasteiger partial charge in [-0.2, -0.15) is 0 Å². The predicted molar refractivity (Wildman–Crippen MR) is 58.4 cm³/mol. The fraction of sp³-hybridized carbons (Fsp3) is 0.250. The topological polar surface area (TPSA) is 49.3 Å². The lowest BCUT2D eigenvalue weighted by atomic mass is 10.1. The van der Waals surface area contributed by atoms with Crippen LogP contribution in [0.2, 0.25) is 0 Å². The maximum absolute atomic E-state index is 11.6. The summed E-state index contributed by atoms with van der Waals surface area (Å²) in [6.45, 7) is 2.24. The van der Waals surface area contributed by atoms with E-state index in [0.29, 0.717) is 17.7 Å². The number of nitrogens with one attached hydrogen (secondary N) is 1. The molecule has 0 fully saturated rings. The normalized spacial score (nSPS) is 8.93. The van der Waals surface area contributed by atoms with Crippen molar-refractivity contribution in [1.82, 2.24) is 5.32 Å². The molecule has 0 aromatic heterocycles. The lowest BCUT2D eigenvalue weighted by Crippen LogP contribution is -2.23. The summed E-state index contributed by atoms with van der Waals surface area (Å²) >= 11 is 0. The van der Waals surface area contributed by atoms with E-state index in [0.717, 1.165) is 0 Å². The molecule has 78 valence electrons. The van der Waals surface area contributed by atoms with Gasteiger partial charge >= 0.3 is 0 Å². The molecule has 0 atom stereocenters. The molecule has 0 heterocycles. The highest BCUT2D eigenvalue weighted by Crippen LogP contribution is 2.06. The molecule has 1 amide bonds. The van der Waals surface area contributed by atoms with E-state index >= 15 is 0 Å². The molecule has 3 heteroatoms. The SMILES string of the molecule is CCNC(=O)c1ccccc1C#CCO. The van der Waals surface area contributed by atoms with Crippen LogP contribution >= 0.6 is 0 Å². The second-order valence-corrected chi connectivity index (χ2v) is 2.86. The Bertz CT molecular complexity index is 402. The van der Waals surface area contributed by atoms with E-state index in [-0.39, 0.29) is 12.5 Å². The molecule has 0 aliphatic heterocycles. The van der Waals surface area contributed by atoms with Gasteiger partial charge < -0.3 is 10.4 Å². The van der Waals surface area contributed by atoms with Gasteiger partial charge in [-0.05, 0) is 19.1 Å². The average molecular weight is 203 g/mol. The summed E-state index contributed by atoms with van der Waals surface area (Å²) in [5.74, 6) is 5.13. The van der Waals surface area contributed by atoms with E-state index in [1.807, 2.05) is 13.0 Å². The molecule has 0 unspecified atom stereocenters. The minimum absolute atomic E-state index is 0.139. The molecule has 1 aromatic rings. The molecule has 0 spiro atoms. The van der Waals surface area contributed by atoms with Crippen LogP contribution in [0, 0.1) is 11.8 Å². The molecule has 3 nitrogen and oxygen atoms in total. The average Bonchev–Trinajstić information content (AvgIpc) is 2.27. The van der Waals surface area contributed by atoms with Gasteiger partial charge in [0.1, 0.15) is 6.61 Å². The van der Waals surface area contributed by atoms with E-state index in [1.165, 1.54) is 0 Å². The summed E-state index contributed by atoms with van der Waals surface area (Å²) in [5.41, 5.74) is 1.18. The van der Waals surface area contributed by atoms with E-state index in [4.69, 9.17) is 5.11 Å². The number of hydrogen-bond acceptors (Lipinski definition) is 2. The van der Waals surface area contributed by atoms with Crippen LogP contribution in [0.1, 0.15) is 22.8 Å². The van der Waals surface area contributed by atoms with Crippen LogP contribution in [-0.2, 0) is 0 Å². The molecule has 1 aromatic carbocycles. The maximum atomic E-state index is 11.6. The van der Waals surface area contributed by atoms with Gasteiger partial charge in [0.05, 0.1) is 5.56 Å². The van der Waals surface area contributed by atoms with Crippen LogP contribution in [0.15, 0.2) is 24.3 Å². The fourth-order valence-electron chi connectivity index (χ4n) is 1.18. The number of hydrogen-bond donors (Lipinski definition) is 2. The lowest BCUT2D eigenvalue weighted by molar-refractivity contribution is 0.0955. The number of aliphatic hydroxyl groups excluding tert-OH is 1. The number of rotatable bonds is 2. The molecule has 0 saturated heterocycles. The zero-order chi connectivity index (χ0) is 11.1. The van der Waals surface area contributed by atoms with Crippen molar-refractivity contribution in [2.45, 2.75) is 6.92 Å². The number of carbonyl (C=O) groups is 1. The van der Waals surface area contributed by atoms with Crippen LogP contribution in [-0.4, -0.2) is 24.2 Å². The molecule has 0 radical (unpaired) electrons. The van der Waals surface area contributed by atoms with Crippen molar-refractivity contribution >= 4 is 5.91 Å². The van der Waals surface area contributed by atoms with E-state index in [2.05, 4.69) is 17.2 Å². The first-order valence-corrected chi connectivity index (χ1v) is 4.76. The monoisotopic (exact) mass is 203 g/mol. The van der Waals surface area contributed by atoms with Crippen LogP contribution in [0.5, 0.6) is 0 Å². The second kappa shape index (κ2) is 5.84. The first-order chi connectivity index (χ1) is 7.29. The van der Waals surface area contributed by atoms with Crippen molar-refractivity contribution in [2.24, 2.45) is 0 Å². The van der Waals surface area contributed by atoms with Crippen molar-refractivity contribution in [3.63, 3.8) is 0 Å². The van der Waals surface area contributed by atoms with E-state index < -0.39 is 0 Å². The molecule has 2 N–H and O–H groups in total. The Hall–Kier alpha value is -1.79. The van der Waals surface area contributed by atoms with Gasteiger partial charge in [-0.3, -0.25) is 4.79 Å². The molecular weight excluding hydrogens is 190 g/mol. The van der Waals surface area contributed by atoms with Crippen LogP contribution in [0.25, 0.3) is 0 Å². The molecule has 0 aliphatic rings. The number of aliphatic hydroxyl groups is 1.